The minimum atomic E-state index is -0.543. The highest BCUT2D eigenvalue weighted by Gasteiger charge is 2.15. The molecule has 170 valence electrons. The Morgan fingerprint density at radius 1 is 0.879 bits per heavy atom. The van der Waals surface area contributed by atoms with Crippen LogP contribution in [0.4, 0.5) is 5.69 Å². The number of anilines is 1. The van der Waals surface area contributed by atoms with Gasteiger partial charge in [-0.15, -0.1) is 0 Å². The van der Waals surface area contributed by atoms with E-state index in [1.165, 1.54) is 7.11 Å². The number of amides is 1. The van der Waals surface area contributed by atoms with Gasteiger partial charge in [-0.25, -0.2) is 0 Å². The van der Waals surface area contributed by atoms with Gasteiger partial charge in [0.25, 0.3) is 5.91 Å². The molecule has 0 atom stereocenters. The van der Waals surface area contributed by atoms with Crippen LogP contribution >= 0.6 is 0 Å². The number of rotatable bonds is 9. The molecule has 0 saturated carbocycles. The fraction of sp³-hybridized carbons (Fsp3) is 0.200. The van der Waals surface area contributed by atoms with E-state index in [9.17, 15) is 9.59 Å². The summed E-state index contributed by atoms with van der Waals surface area (Å²) in [4.78, 5) is 24.3. The Morgan fingerprint density at radius 2 is 1.64 bits per heavy atom. The first-order valence-corrected chi connectivity index (χ1v) is 10.3. The molecule has 0 aliphatic rings. The molecule has 4 rings (SSSR count). The lowest BCUT2D eigenvalue weighted by Crippen LogP contribution is -2.22. The molecule has 0 bridgehead atoms. The molecule has 0 fully saturated rings. The number of nitrogens with one attached hydrogen (secondary N) is 1. The van der Waals surface area contributed by atoms with Gasteiger partial charge in [0.2, 0.25) is 0 Å². The van der Waals surface area contributed by atoms with Crippen molar-refractivity contribution in [3.05, 3.63) is 60.7 Å². The molecule has 1 N–H and O–H groups in total. The SMILES string of the molecule is COc1ccc(OCCC(=O)OCC(=O)Nc2cc3oc4ccccc4c3cc2OC)cc1. The van der Waals surface area contributed by atoms with E-state index < -0.39 is 18.5 Å². The molecule has 4 aromatic rings. The molecule has 0 saturated heterocycles. The van der Waals surface area contributed by atoms with Crippen LogP contribution in [0.5, 0.6) is 17.2 Å². The molecule has 0 radical (unpaired) electrons. The molecule has 1 aromatic heterocycles. The van der Waals surface area contributed by atoms with E-state index in [1.54, 1.807) is 43.5 Å². The topological polar surface area (TPSA) is 96.2 Å². The number of hydrogen-bond acceptors (Lipinski definition) is 7. The van der Waals surface area contributed by atoms with Crippen LogP contribution in [0.3, 0.4) is 0 Å². The van der Waals surface area contributed by atoms with Gasteiger partial charge >= 0.3 is 5.97 Å². The van der Waals surface area contributed by atoms with Crippen LogP contribution < -0.4 is 19.5 Å². The van der Waals surface area contributed by atoms with Crippen LogP contribution in [-0.2, 0) is 14.3 Å². The lowest BCUT2D eigenvalue weighted by atomic mass is 10.1. The van der Waals surface area contributed by atoms with Crippen molar-refractivity contribution < 1.29 is 33.0 Å². The Labute approximate surface area is 190 Å². The molecule has 0 spiro atoms. The number of para-hydroxylation sites is 1. The van der Waals surface area contributed by atoms with Gasteiger partial charge in [0.15, 0.2) is 6.61 Å². The first kappa shape index (κ1) is 22.0. The molecule has 0 unspecified atom stereocenters. The monoisotopic (exact) mass is 449 g/mol. The third kappa shape index (κ3) is 5.17. The summed E-state index contributed by atoms with van der Waals surface area (Å²) in [7, 11) is 3.09. The number of esters is 1. The summed E-state index contributed by atoms with van der Waals surface area (Å²) in [6.07, 6.45) is 0.00751. The third-order valence-electron chi connectivity index (χ3n) is 4.97. The lowest BCUT2D eigenvalue weighted by molar-refractivity contribution is -0.147. The number of methoxy groups -OCH3 is 2. The normalized spacial score (nSPS) is 10.7. The summed E-state index contributed by atoms with van der Waals surface area (Å²) < 4.78 is 26.9. The molecule has 0 aliphatic carbocycles. The average molecular weight is 449 g/mol. The highest BCUT2D eigenvalue weighted by Crippen LogP contribution is 2.36. The summed E-state index contributed by atoms with van der Waals surface area (Å²) in [6, 6.07) is 18.1. The number of benzene rings is 3. The maximum atomic E-state index is 12.3. The Balaban J connectivity index is 1.30. The van der Waals surface area contributed by atoms with Crippen molar-refractivity contribution in [3.8, 4) is 17.2 Å². The molecule has 1 amide bonds. The Hall–Kier alpha value is -4.20. The van der Waals surface area contributed by atoms with Crippen LogP contribution in [0.2, 0.25) is 0 Å². The van der Waals surface area contributed by atoms with E-state index in [0.29, 0.717) is 28.5 Å². The Bertz CT molecular complexity index is 1280. The summed E-state index contributed by atoms with van der Waals surface area (Å²) in [5.74, 6) is 0.756. The standard InChI is InChI=1S/C25H23NO7/c1-29-16-7-9-17(10-8-16)31-12-11-25(28)32-15-24(27)26-20-14-22-19(13-23(20)30-2)18-5-3-4-6-21(18)33-22/h3-10,13-14H,11-12,15H2,1-2H3,(H,26,27). The molecule has 8 heteroatoms. The second-order valence-corrected chi connectivity index (χ2v) is 7.13. The van der Waals surface area contributed by atoms with E-state index >= 15 is 0 Å². The number of ether oxygens (including phenoxy) is 4. The van der Waals surface area contributed by atoms with Gasteiger partial charge in [0, 0.05) is 16.8 Å². The van der Waals surface area contributed by atoms with Gasteiger partial charge in [-0.3, -0.25) is 9.59 Å². The van der Waals surface area contributed by atoms with Crippen LogP contribution in [0.1, 0.15) is 6.42 Å². The minimum Gasteiger partial charge on any atom is -0.497 e. The van der Waals surface area contributed by atoms with Crippen molar-refractivity contribution in [2.45, 2.75) is 6.42 Å². The number of furan rings is 1. The van der Waals surface area contributed by atoms with Crippen molar-refractivity contribution in [2.75, 3.05) is 32.8 Å². The van der Waals surface area contributed by atoms with Crippen molar-refractivity contribution in [3.63, 3.8) is 0 Å². The summed E-state index contributed by atoms with van der Waals surface area (Å²) in [5, 5.41) is 4.53. The maximum Gasteiger partial charge on any atom is 0.309 e. The van der Waals surface area contributed by atoms with Gasteiger partial charge in [0.05, 0.1) is 32.9 Å². The van der Waals surface area contributed by atoms with E-state index in [0.717, 1.165) is 16.4 Å². The van der Waals surface area contributed by atoms with E-state index in [2.05, 4.69) is 5.32 Å². The molecule has 3 aromatic carbocycles. The zero-order valence-electron chi connectivity index (χ0n) is 18.3. The maximum absolute atomic E-state index is 12.3. The summed E-state index contributed by atoms with van der Waals surface area (Å²) in [5.41, 5.74) is 1.77. The first-order valence-electron chi connectivity index (χ1n) is 10.3. The molecule has 1 heterocycles. The molecule has 0 aliphatic heterocycles. The Morgan fingerprint density at radius 3 is 2.39 bits per heavy atom. The lowest BCUT2D eigenvalue weighted by Gasteiger charge is -2.11. The minimum absolute atomic E-state index is 0.00751. The van der Waals surface area contributed by atoms with Crippen molar-refractivity contribution in [1.82, 2.24) is 0 Å². The van der Waals surface area contributed by atoms with Crippen molar-refractivity contribution >= 4 is 39.5 Å². The van der Waals surface area contributed by atoms with Crippen LogP contribution in [0.15, 0.2) is 65.1 Å². The average Bonchev–Trinajstić information content (AvgIpc) is 3.20. The molecule has 8 nitrogen and oxygen atoms in total. The number of carbonyl (C=O) groups is 2. The number of carbonyl (C=O) groups excluding carboxylic acids is 2. The van der Waals surface area contributed by atoms with Crippen LogP contribution in [0.25, 0.3) is 21.9 Å². The van der Waals surface area contributed by atoms with Gasteiger partial charge in [-0.05, 0) is 36.4 Å². The Kier molecular flexibility index (Phi) is 6.64. The van der Waals surface area contributed by atoms with E-state index in [4.69, 9.17) is 23.4 Å². The molecule has 33 heavy (non-hydrogen) atoms. The second kappa shape index (κ2) is 9.95. The number of fused-ring (bicyclic) bond motifs is 3. The zero-order chi connectivity index (χ0) is 23.2. The van der Waals surface area contributed by atoms with Gasteiger partial charge in [-0.2, -0.15) is 0 Å². The smallest absolute Gasteiger partial charge is 0.309 e. The largest absolute Gasteiger partial charge is 0.497 e. The van der Waals surface area contributed by atoms with Gasteiger partial charge in [0.1, 0.15) is 28.4 Å². The number of hydrogen-bond donors (Lipinski definition) is 1. The highest BCUT2D eigenvalue weighted by atomic mass is 16.5. The highest BCUT2D eigenvalue weighted by molar-refractivity contribution is 6.07. The summed E-state index contributed by atoms with van der Waals surface area (Å²) >= 11 is 0. The van der Waals surface area contributed by atoms with E-state index in [-0.39, 0.29) is 13.0 Å². The first-order chi connectivity index (χ1) is 16.1. The van der Waals surface area contributed by atoms with Gasteiger partial charge in [-0.1, -0.05) is 18.2 Å². The van der Waals surface area contributed by atoms with Crippen molar-refractivity contribution in [2.24, 2.45) is 0 Å². The quantitative estimate of drug-likeness (QED) is 0.374. The third-order valence-corrected chi connectivity index (χ3v) is 4.97. The predicted molar refractivity (Wildman–Crippen MR) is 123 cm³/mol. The van der Waals surface area contributed by atoms with Crippen molar-refractivity contribution in [1.29, 1.82) is 0 Å². The van der Waals surface area contributed by atoms with Crippen LogP contribution in [-0.4, -0.2) is 39.3 Å². The fourth-order valence-electron chi connectivity index (χ4n) is 3.35. The van der Waals surface area contributed by atoms with Gasteiger partial charge < -0.3 is 28.7 Å². The molecular formula is C25H23NO7. The fourth-order valence-corrected chi connectivity index (χ4v) is 3.35. The predicted octanol–water partition coefficient (Wildman–Crippen LogP) is 4.55. The summed E-state index contributed by atoms with van der Waals surface area (Å²) in [6.45, 7) is -0.300. The molecular weight excluding hydrogens is 426 g/mol. The zero-order valence-corrected chi connectivity index (χ0v) is 18.3. The van der Waals surface area contributed by atoms with E-state index in [1.807, 2.05) is 24.3 Å². The second-order valence-electron chi connectivity index (χ2n) is 7.13. The van der Waals surface area contributed by atoms with Crippen LogP contribution in [0, 0.1) is 0 Å².